The first-order valence-electron chi connectivity index (χ1n) is 4.68. The molecule has 4 heteroatoms. The summed E-state index contributed by atoms with van der Waals surface area (Å²) in [6, 6.07) is 4.05. The summed E-state index contributed by atoms with van der Waals surface area (Å²) in [5.74, 6) is 0. The van der Waals surface area contributed by atoms with Crippen LogP contribution in [-0.4, -0.2) is 16.5 Å². The summed E-state index contributed by atoms with van der Waals surface area (Å²) >= 11 is 1.73. The normalized spacial score (nSPS) is 10.6. The van der Waals surface area contributed by atoms with Gasteiger partial charge in [-0.15, -0.1) is 11.3 Å². The van der Waals surface area contributed by atoms with E-state index in [4.69, 9.17) is 5.73 Å². The maximum atomic E-state index is 5.45. The van der Waals surface area contributed by atoms with Crippen molar-refractivity contribution < 1.29 is 0 Å². The predicted octanol–water partition coefficient (Wildman–Crippen LogP) is 2.03. The van der Waals surface area contributed by atoms with E-state index in [1.807, 2.05) is 18.5 Å². The van der Waals surface area contributed by atoms with E-state index in [1.54, 1.807) is 11.3 Å². The number of thiazole rings is 1. The van der Waals surface area contributed by atoms with Crippen molar-refractivity contribution >= 4 is 11.3 Å². The highest BCUT2D eigenvalue weighted by Gasteiger charge is 2.03. The van der Waals surface area contributed by atoms with E-state index in [9.17, 15) is 0 Å². The number of nitrogens with one attached hydrogen (secondary N) is 1. The van der Waals surface area contributed by atoms with Crippen LogP contribution in [0.15, 0.2) is 24.5 Å². The van der Waals surface area contributed by atoms with Gasteiger partial charge in [-0.2, -0.15) is 0 Å². The zero-order chi connectivity index (χ0) is 9.80. The molecule has 3 N–H and O–H groups in total. The lowest BCUT2D eigenvalue weighted by atomic mass is 10.3. The van der Waals surface area contributed by atoms with E-state index < -0.39 is 0 Å². The molecule has 0 aliphatic rings. The quantitative estimate of drug-likeness (QED) is 0.806. The smallest absolute Gasteiger partial charge is 0.0932 e. The van der Waals surface area contributed by atoms with Gasteiger partial charge in [0.1, 0.15) is 0 Å². The minimum Gasteiger partial charge on any atom is -0.360 e. The fourth-order valence-corrected chi connectivity index (χ4v) is 2.24. The molecule has 0 fully saturated rings. The Balaban J connectivity index is 2.10. The van der Waals surface area contributed by atoms with Gasteiger partial charge in [0, 0.05) is 18.8 Å². The number of H-pyrrole nitrogens is 1. The molecule has 14 heavy (non-hydrogen) atoms. The van der Waals surface area contributed by atoms with Crippen molar-refractivity contribution in [2.45, 2.75) is 12.8 Å². The number of hydrogen-bond acceptors (Lipinski definition) is 3. The van der Waals surface area contributed by atoms with Crippen LogP contribution in [0.2, 0.25) is 0 Å². The molecule has 0 aliphatic carbocycles. The average Bonchev–Trinajstić information content (AvgIpc) is 2.85. The summed E-state index contributed by atoms with van der Waals surface area (Å²) in [5.41, 5.74) is 6.59. The highest BCUT2D eigenvalue weighted by molar-refractivity contribution is 7.15. The summed E-state index contributed by atoms with van der Waals surface area (Å²) in [7, 11) is 0. The van der Waals surface area contributed by atoms with Crippen LogP contribution >= 0.6 is 11.3 Å². The van der Waals surface area contributed by atoms with Crippen LogP contribution in [0.5, 0.6) is 0 Å². The topological polar surface area (TPSA) is 54.7 Å². The van der Waals surface area contributed by atoms with E-state index in [-0.39, 0.29) is 0 Å². The second-order valence-electron chi connectivity index (χ2n) is 3.09. The van der Waals surface area contributed by atoms with Gasteiger partial charge in [0.15, 0.2) is 0 Å². The molecule has 0 aliphatic heterocycles. The van der Waals surface area contributed by atoms with E-state index in [0.717, 1.165) is 25.1 Å². The summed E-state index contributed by atoms with van der Waals surface area (Å²) in [5, 5.41) is 1.17. The molecular formula is C10H13N3S. The van der Waals surface area contributed by atoms with Crippen LogP contribution in [-0.2, 0) is 6.42 Å². The molecule has 0 saturated heterocycles. The SMILES string of the molecule is NCCCc1ncc(-c2ccc[nH]2)s1. The van der Waals surface area contributed by atoms with Crippen molar-refractivity contribution in [3.05, 3.63) is 29.5 Å². The highest BCUT2D eigenvalue weighted by atomic mass is 32.1. The lowest BCUT2D eigenvalue weighted by Crippen LogP contribution is -1.99. The molecule has 0 bridgehead atoms. The molecule has 74 valence electrons. The van der Waals surface area contributed by atoms with Crippen molar-refractivity contribution in [3.63, 3.8) is 0 Å². The second-order valence-corrected chi connectivity index (χ2v) is 4.21. The minimum atomic E-state index is 0.734. The molecule has 0 aromatic carbocycles. The zero-order valence-corrected chi connectivity index (χ0v) is 8.68. The lowest BCUT2D eigenvalue weighted by molar-refractivity contribution is 0.826. The van der Waals surface area contributed by atoms with E-state index in [1.165, 1.54) is 9.88 Å². The number of hydrogen-bond donors (Lipinski definition) is 2. The third-order valence-corrected chi connectivity index (χ3v) is 3.10. The van der Waals surface area contributed by atoms with Crippen LogP contribution in [0.1, 0.15) is 11.4 Å². The van der Waals surface area contributed by atoms with Crippen molar-refractivity contribution in [2.75, 3.05) is 6.54 Å². The van der Waals surface area contributed by atoms with Crippen LogP contribution in [0.4, 0.5) is 0 Å². The zero-order valence-electron chi connectivity index (χ0n) is 7.86. The molecule has 0 atom stereocenters. The first-order valence-corrected chi connectivity index (χ1v) is 5.50. The number of nitrogens with two attached hydrogens (primary N) is 1. The predicted molar refractivity (Wildman–Crippen MR) is 59.3 cm³/mol. The molecule has 0 amide bonds. The Morgan fingerprint density at radius 2 is 2.43 bits per heavy atom. The molecule has 0 saturated carbocycles. The van der Waals surface area contributed by atoms with Crippen LogP contribution in [0, 0.1) is 0 Å². The van der Waals surface area contributed by atoms with E-state index in [0.29, 0.717) is 0 Å². The van der Waals surface area contributed by atoms with Crippen LogP contribution in [0.25, 0.3) is 10.6 Å². The Bertz CT molecular complexity index is 378. The fourth-order valence-electron chi connectivity index (χ4n) is 1.29. The molecule has 3 nitrogen and oxygen atoms in total. The van der Waals surface area contributed by atoms with Gasteiger partial charge in [0.2, 0.25) is 0 Å². The Morgan fingerprint density at radius 1 is 1.50 bits per heavy atom. The maximum absolute atomic E-state index is 5.45. The molecule has 2 aromatic rings. The molecule has 2 aromatic heterocycles. The van der Waals surface area contributed by atoms with E-state index >= 15 is 0 Å². The number of aromatic nitrogens is 2. The number of aryl methyl sites for hydroxylation is 1. The molecule has 2 rings (SSSR count). The molecule has 0 spiro atoms. The van der Waals surface area contributed by atoms with Gasteiger partial charge in [-0.05, 0) is 25.1 Å². The molecule has 0 unspecified atom stereocenters. The van der Waals surface area contributed by atoms with E-state index in [2.05, 4.69) is 16.0 Å². The van der Waals surface area contributed by atoms with Gasteiger partial charge < -0.3 is 10.7 Å². The average molecular weight is 207 g/mol. The van der Waals surface area contributed by atoms with Crippen molar-refractivity contribution in [1.82, 2.24) is 9.97 Å². The first kappa shape index (κ1) is 9.43. The van der Waals surface area contributed by atoms with Gasteiger partial charge in [-0.3, -0.25) is 0 Å². The van der Waals surface area contributed by atoms with Crippen LogP contribution < -0.4 is 5.73 Å². The van der Waals surface area contributed by atoms with Gasteiger partial charge in [-0.25, -0.2) is 4.98 Å². The Labute approximate surface area is 87.0 Å². The lowest BCUT2D eigenvalue weighted by Gasteiger charge is -1.91. The summed E-state index contributed by atoms with van der Waals surface area (Å²) in [4.78, 5) is 8.72. The molecule has 2 heterocycles. The molecular weight excluding hydrogens is 194 g/mol. The standard InChI is InChI=1S/C10H13N3S/c11-5-1-4-10-13-7-9(14-10)8-3-2-6-12-8/h2-3,6-7,12H,1,4-5,11H2. The van der Waals surface area contributed by atoms with Gasteiger partial charge >= 0.3 is 0 Å². The van der Waals surface area contributed by atoms with Crippen molar-refractivity contribution in [2.24, 2.45) is 5.73 Å². The third kappa shape index (κ3) is 2.02. The third-order valence-electron chi connectivity index (χ3n) is 2.01. The Morgan fingerprint density at radius 3 is 3.14 bits per heavy atom. The van der Waals surface area contributed by atoms with Gasteiger partial charge in [0.05, 0.1) is 15.6 Å². The number of nitrogens with zero attached hydrogens (tertiary/aromatic N) is 1. The van der Waals surface area contributed by atoms with Crippen LogP contribution in [0.3, 0.4) is 0 Å². The van der Waals surface area contributed by atoms with Gasteiger partial charge in [-0.1, -0.05) is 0 Å². The first-order chi connectivity index (χ1) is 6.90. The molecule has 0 radical (unpaired) electrons. The van der Waals surface area contributed by atoms with Crippen molar-refractivity contribution in [1.29, 1.82) is 0 Å². The Kier molecular flexibility index (Phi) is 2.96. The number of rotatable bonds is 4. The monoisotopic (exact) mass is 207 g/mol. The summed E-state index contributed by atoms with van der Waals surface area (Å²) in [6.45, 7) is 0.734. The second kappa shape index (κ2) is 4.39. The summed E-state index contributed by atoms with van der Waals surface area (Å²) < 4.78 is 0. The minimum absolute atomic E-state index is 0.734. The van der Waals surface area contributed by atoms with Crippen molar-refractivity contribution in [3.8, 4) is 10.6 Å². The Hall–Kier alpha value is -1.13. The number of aromatic amines is 1. The largest absolute Gasteiger partial charge is 0.360 e. The maximum Gasteiger partial charge on any atom is 0.0932 e. The van der Waals surface area contributed by atoms with Gasteiger partial charge in [0.25, 0.3) is 0 Å². The summed E-state index contributed by atoms with van der Waals surface area (Å²) in [6.07, 6.45) is 5.84. The fraction of sp³-hybridized carbons (Fsp3) is 0.300. The highest BCUT2D eigenvalue weighted by Crippen LogP contribution is 2.24.